The Morgan fingerprint density at radius 1 is 1.40 bits per heavy atom. The highest BCUT2D eigenvalue weighted by Crippen LogP contribution is 2.12. The van der Waals surface area contributed by atoms with Gasteiger partial charge < -0.3 is 9.47 Å². The third-order valence-corrected chi connectivity index (χ3v) is 1.74. The maximum atomic E-state index is 11.3. The second kappa shape index (κ2) is 6.49. The zero-order chi connectivity index (χ0) is 11.9. The molecule has 0 radical (unpaired) electrons. The van der Waals surface area contributed by atoms with Crippen LogP contribution in [0, 0.1) is 0 Å². The van der Waals surface area contributed by atoms with Crippen LogP contribution in [0.25, 0.3) is 0 Å². The summed E-state index contributed by atoms with van der Waals surface area (Å²) in [7, 11) is 0. The molecule has 0 rings (SSSR count). The maximum Gasteiger partial charge on any atom is 0.509 e. The van der Waals surface area contributed by atoms with Crippen molar-refractivity contribution in [1.82, 2.24) is 0 Å². The molecule has 88 valence electrons. The van der Waals surface area contributed by atoms with Gasteiger partial charge in [0.15, 0.2) is 0 Å². The summed E-state index contributed by atoms with van der Waals surface area (Å²) in [4.78, 5) is 11.3. The Balaban J connectivity index is 4.01. The van der Waals surface area contributed by atoms with Crippen molar-refractivity contribution in [3.63, 3.8) is 0 Å². The monoisotopic (exact) mass is 214 g/mol. The second-order valence-electron chi connectivity index (χ2n) is 4.42. The minimum atomic E-state index is -0.584. The van der Waals surface area contributed by atoms with Gasteiger partial charge in [-0.25, -0.2) is 4.79 Å². The molecule has 0 fully saturated rings. The molecule has 0 saturated carbocycles. The number of hydrogen-bond donors (Lipinski definition) is 0. The molecule has 1 unspecified atom stereocenters. The van der Waals surface area contributed by atoms with Crippen molar-refractivity contribution in [2.24, 2.45) is 0 Å². The standard InChI is InChI=1S/C12H22O3/c1-6-8-9-10(7-2)14-11(13)15-12(3,4)5/h6,8,10H,7,9H2,1-5H3/b8-6-. The van der Waals surface area contributed by atoms with E-state index in [1.54, 1.807) is 0 Å². The van der Waals surface area contributed by atoms with Crippen molar-refractivity contribution in [3.8, 4) is 0 Å². The first kappa shape index (κ1) is 14.0. The first-order valence-corrected chi connectivity index (χ1v) is 5.39. The number of rotatable bonds is 4. The summed E-state index contributed by atoms with van der Waals surface area (Å²) in [5.41, 5.74) is -0.490. The first-order chi connectivity index (χ1) is 6.89. The summed E-state index contributed by atoms with van der Waals surface area (Å²) < 4.78 is 10.2. The van der Waals surface area contributed by atoms with Crippen LogP contribution in [0.2, 0.25) is 0 Å². The minimum Gasteiger partial charge on any atom is -0.431 e. The quantitative estimate of drug-likeness (QED) is 0.529. The Kier molecular flexibility index (Phi) is 6.06. The average molecular weight is 214 g/mol. The summed E-state index contributed by atoms with van der Waals surface area (Å²) in [5, 5.41) is 0. The molecule has 0 aliphatic heterocycles. The molecule has 0 aromatic carbocycles. The van der Waals surface area contributed by atoms with E-state index in [1.165, 1.54) is 0 Å². The van der Waals surface area contributed by atoms with Crippen LogP contribution in [0.4, 0.5) is 4.79 Å². The van der Waals surface area contributed by atoms with Crippen molar-refractivity contribution in [1.29, 1.82) is 0 Å². The van der Waals surface area contributed by atoms with Crippen molar-refractivity contribution >= 4 is 6.16 Å². The second-order valence-corrected chi connectivity index (χ2v) is 4.42. The number of allylic oxidation sites excluding steroid dienone is 1. The van der Waals surface area contributed by atoms with Gasteiger partial charge in [-0.05, 0) is 34.1 Å². The Bertz CT molecular complexity index is 213. The smallest absolute Gasteiger partial charge is 0.431 e. The van der Waals surface area contributed by atoms with Gasteiger partial charge in [-0.15, -0.1) is 0 Å². The normalized spacial score (nSPS) is 13.9. The highest BCUT2D eigenvalue weighted by Gasteiger charge is 2.19. The molecule has 0 bridgehead atoms. The molecule has 0 heterocycles. The molecule has 0 aliphatic rings. The van der Waals surface area contributed by atoms with Gasteiger partial charge in [0.25, 0.3) is 0 Å². The van der Waals surface area contributed by atoms with E-state index in [0.29, 0.717) is 0 Å². The summed E-state index contributed by atoms with van der Waals surface area (Å²) in [5.74, 6) is 0. The van der Waals surface area contributed by atoms with Gasteiger partial charge in [-0.2, -0.15) is 0 Å². The van der Waals surface area contributed by atoms with Gasteiger partial charge in [-0.3, -0.25) is 0 Å². The molecule has 0 amide bonds. The number of ether oxygens (including phenoxy) is 2. The predicted molar refractivity (Wildman–Crippen MR) is 60.8 cm³/mol. The van der Waals surface area contributed by atoms with E-state index >= 15 is 0 Å². The minimum absolute atomic E-state index is 0.0870. The lowest BCUT2D eigenvalue weighted by atomic mass is 10.2. The van der Waals surface area contributed by atoms with Gasteiger partial charge in [0.1, 0.15) is 11.7 Å². The van der Waals surface area contributed by atoms with Crippen LogP contribution < -0.4 is 0 Å². The van der Waals surface area contributed by atoms with Gasteiger partial charge >= 0.3 is 6.16 Å². The van der Waals surface area contributed by atoms with E-state index in [2.05, 4.69) is 0 Å². The first-order valence-electron chi connectivity index (χ1n) is 5.39. The molecule has 0 aromatic heterocycles. The van der Waals surface area contributed by atoms with E-state index in [4.69, 9.17) is 9.47 Å². The molecular formula is C12H22O3. The molecule has 15 heavy (non-hydrogen) atoms. The summed E-state index contributed by atoms with van der Waals surface area (Å²) in [6.07, 6.45) is 4.80. The summed E-state index contributed by atoms with van der Waals surface area (Å²) in [6.45, 7) is 9.39. The Hall–Kier alpha value is -0.990. The molecular weight excluding hydrogens is 192 g/mol. The van der Waals surface area contributed by atoms with Crippen LogP contribution in [0.15, 0.2) is 12.2 Å². The maximum absolute atomic E-state index is 11.3. The van der Waals surface area contributed by atoms with E-state index < -0.39 is 11.8 Å². The van der Waals surface area contributed by atoms with Crippen LogP contribution in [0.1, 0.15) is 47.5 Å². The Morgan fingerprint density at radius 2 is 2.00 bits per heavy atom. The largest absolute Gasteiger partial charge is 0.509 e. The van der Waals surface area contributed by atoms with Crippen LogP contribution in [0.3, 0.4) is 0 Å². The van der Waals surface area contributed by atoms with Gasteiger partial charge in [-0.1, -0.05) is 19.1 Å². The third-order valence-electron chi connectivity index (χ3n) is 1.74. The lowest BCUT2D eigenvalue weighted by Crippen LogP contribution is -2.27. The van der Waals surface area contributed by atoms with Crippen molar-refractivity contribution in [2.75, 3.05) is 0 Å². The van der Waals surface area contributed by atoms with E-state index in [-0.39, 0.29) is 6.10 Å². The van der Waals surface area contributed by atoms with Gasteiger partial charge in [0.05, 0.1) is 0 Å². The van der Waals surface area contributed by atoms with E-state index in [1.807, 2.05) is 46.8 Å². The molecule has 0 aliphatic carbocycles. The third kappa shape index (κ3) is 8.03. The lowest BCUT2D eigenvalue weighted by molar-refractivity contribution is -0.0267. The fraction of sp³-hybridized carbons (Fsp3) is 0.750. The average Bonchev–Trinajstić information content (AvgIpc) is 2.09. The fourth-order valence-corrected chi connectivity index (χ4v) is 0.996. The van der Waals surface area contributed by atoms with Crippen LogP contribution in [-0.2, 0) is 9.47 Å². The zero-order valence-corrected chi connectivity index (χ0v) is 10.4. The number of hydrogen-bond acceptors (Lipinski definition) is 3. The number of carbonyl (C=O) groups excluding carboxylic acids is 1. The molecule has 3 nitrogen and oxygen atoms in total. The van der Waals surface area contributed by atoms with Gasteiger partial charge in [0.2, 0.25) is 0 Å². The Labute approximate surface area is 92.5 Å². The van der Waals surface area contributed by atoms with E-state index in [0.717, 1.165) is 12.8 Å². The highest BCUT2D eigenvalue weighted by molar-refractivity contribution is 5.60. The summed E-state index contributed by atoms with van der Waals surface area (Å²) >= 11 is 0. The molecule has 0 N–H and O–H groups in total. The zero-order valence-electron chi connectivity index (χ0n) is 10.4. The fourth-order valence-electron chi connectivity index (χ4n) is 0.996. The van der Waals surface area contributed by atoms with Crippen LogP contribution >= 0.6 is 0 Å². The highest BCUT2D eigenvalue weighted by atomic mass is 16.7. The Morgan fingerprint density at radius 3 is 2.40 bits per heavy atom. The molecule has 3 heteroatoms. The molecule has 0 aromatic rings. The van der Waals surface area contributed by atoms with Crippen LogP contribution in [-0.4, -0.2) is 17.9 Å². The molecule has 0 spiro atoms. The van der Waals surface area contributed by atoms with Crippen molar-refractivity contribution in [2.45, 2.75) is 59.2 Å². The van der Waals surface area contributed by atoms with Crippen molar-refractivity contribution < 1.29 is 14.3 Å². The summed E-state index contributed by atoms with van der Waals surface area (Å²) in [6, 6.07) is 0. The van der Waals surface area contributed by atoms with Gasteiger partial charge in [0, 0.05) is 6.42 Å². The lowest BCUT2D eigenvalue weighted by Gasteiger charge is -2.21. The molecule has 0 saturated heterocycles. The van der Waals surface area contributed by atoms with Crippen molar-refractivity contribution in [3.05, 3.63) is 12.2 Å². The molecule has 1 atom stereocenters. The van der Waals surface area contributed by atoms with Crippen LogP contribution in [0.5, 0.6) is 0 Å². The predicted octanol–water partition coefficient (Wildman–Crippen LogP) is 3.68. The SMILES string of the molecule is C/C=C\CC(CC)OC(=O)OC(C)(C)C. The number of carbonyl (C=O) groups is 1. The topological polar surface area (TPSA) is 35.5 Å². The van der Waals surface area contributed by atoms with E-state index in [9.17, 15) is 4.79 Å².